The van der Waals surface area contributed by atoms with Gasteiger partial charge in [-0.15, -0.1) is 0 Å². The van der Waals surface area contributed by atoms with Crippen LogP contribution in [0.2, 0.25) is 0 Å². The van der Waals surface area contributed by atoms with Crippen LogP contribution in [-0.4, -0.2) is 49.1 Å². The van der Waals surface area contributed by atoms with E-state index in [1.165, 1.54) is 12.0 Å². The third-order valence-electron chi connectivity index (χ3n) is 3.98. The lowest BCUT2D eigenvalue weighted by Gasteiger charge is -2.38. The number of benzene rings is 1. The normalized spacial score (nSPS) is 25.6. The summed E-state index contributed by atoms with van der Waals surface area (Å²) in [7, 11) is 4.37. The monoisotopic (exact) mass is 233 g/mol. The van der Waals surface area contributed by atoms with Gasteiger partial charge < -0.3 is 10.6 Å². The van der Waals surface area contributed by atoms with Crippen LogP contribution in [0.5, 0.6) is 0 Å². The molecule has 2 N–H and O–H groups in total. The second-order valence-corrected chi connectivity index (χ2v) is 5.26. The topological polar surface area (TPSA) is 32.5 Å². The summed E-state index contributed by atoms with van der Waals surface area (Å²) in [6, 6.07) is 10.6. The number of likely N-dealkylation sites (N-methyl/N-ethyl adjacent to an activating group) is 2. The molecule has 0 amide bonds. The van der Waals surface area contributed by atoms with Crippen molar-refractivity contribution in [2.24, 2.45) is 5.73 Å². The molecule has 0 spiro atoms. The summed E-state index contributed by atoms with van der Waals surface area (Å²) < 4.78 is 0. The minimum Gasteiger partial charge on any atom is -0.329 e. The van der Waals surface area contributed by atoms with Gasteiger partial charge in [-0.1, -0.05) is 30.3 Å². The van der Waals surface area contributed by atoms with Crippen molar-refractivity contribution in [1.29, 1.82) is 0 Å². The van der Waals surface area contributed by atoms with E-state index < -0.39 is 0 Å². The van der Waals surface area contributed by atoms with Crippen molar-refractivity contribution < 1.29 is 0 Å². The Balaban J connectivity index is 2.06. The van der Waals surface area contributed by atoms with E-state index in [0.717, 1.165) is 26.2 Å². The maximum atomic E-state index is 6.02. The molecule has 94 valence electrons. The fourth-order valence-corrected chi connectivity index (χ4v) is 2.72. The summed E-state index contributed by atoms with van der Waals surface area (Å²) in [5.74, 6) is 0. The highest BCUT2D eigenvalue weighted by molar-refractivity contribution is 5.15. The molecule has 1 aliphatic rings. The van der Waals surface area contributed by atoms with Crippen LogP contribution in [0.4, 0.5) is 0 Å². The number of rotatable bonds is 4. The fraction of sp³-hybridized carbons (Fsp3) is 0.571. The summed E-state index contributed by atoms with van der Waals surface area (Å²) in [5, 5.41) is 0. The van der Waals surface area contributed by atoms with Gasteiger partial charge in [-0.3, -0.25) is 4.90 Å². The van der Waals surface area contributed by atoms with Gasteiger partial charge in [-0.25, -0.2) is 0 Å². The van der Waals surface area contributed by atoms with Crippen LogP contribution in [0.25, 0.3) is 0 Å². The molecule has 1 unspecified atom stereocenters. The van der Waals surface area contributed by atoms with Crippen LogP contribution in [0.3, 0.4) is 0 Å². The Hall–Kier alpha value is -0.900. The number of hydrogen-bond donors (Lipinski definition) is 1. The summed E-state index contributed by atoms with van der Waals surface area (Å²) >= 11 is 0. The van der Waals surface area contributed by atoms with Gasteiger partial charge in [0.05, 0.1) is 0 Å². The molecule has 1 aromatic carbocycles. The van der Waals surface area contributed by atoms with Gasteiger partial charge in [0, 0.05) is 25.2 Å². The van der Waals surface area contributed by atoms with Gasteiger partial charge >= 0.3 is 0 Å². The van der Waals surface area contributed by atoms with Gasteiger partial charge in [0.1, 0.15) is 0 Å². The number of likely N-dealkylation sites (tertiary alicyclic amines) is 1. The Kier molecular flexibility index (Phi) is 3.82. The van der Waals surface area contributed by atoms with Gasteiger partial charge in [0.15, 0.2) is 0 Å². The van der Waals surface area contributed by atoms with Crippen molar-refractivity contribution in [1.82, 2.24) is 9.80 Å². The summed E-state index contributed by atoms with van der Waals surface area (Å²) in [5.41, 5.74) is 7.53. The first-order chi connectivity index (χ1) is 8.16. The zero-order valence-electron chi connectivity index (χ0n) is 10.9. The smallest absolute Gasteiger partial charge is 0.0470 e. The SMILES string of the molecule is CN1CCC(CN)(N(C)Cc2ccccc2)C1. The Morgan fingerprint density at radius 2 is 2.06 bits per heavy atom. The molecule has 0 radical (unpaired) electrons. The molecule has 0 aromatic heterocycles. The number of nitrogens with two attached hydrogens (primary N) is 1. The molecule has 1 fully saturated rings. The molecule has 0 saturated carbocycles. The van der Waals surface area contributed by atoms with E-state index >= 15 is 0 Å². The highest BCUT2D eigenvalue weighted by Crippen LogP contribution is 2.26. The average molecular weight is 233 g/mol. The molecular weight excluding hydrogens is 210 g/mol. The van der Waals surface area contributed by atoms with Crippen molar-refractivity contribution in [2.75, 3.05) is 33.7 Å². The van der Waals surface area contributed by atoms with Crippen molar-refractivity contribution in [2.45, 2.75) is 18.5 Å². The molecule has 0 bridgehead atoms. The third kappa shape index (κ3) is 2.68. The lowest BCUT2D eigenvalue weighted by atomic mass is 9.96. The quantitative estimate of drug-likeness (QED) is 0.847. The summed E-state index contributed by atoms with van der Waals surface area (Å²) in [6.07, 6.45) is 1.17. The first-order valence-corrected chi connectivity index (χ1v) is 6.30. The van der Waals surface area contributed by atoms with Crippen LogP contribution >= 0.6 is 0 Å². The lowest BCUT2D eigenvalue weighted by molar-refractivity contribution is 0.126. The molecule has 1 saturated heterocycles. The van der Waals surface area contributed by atoms with E-state index in [-0.39, 0.29) is 5.54 Å². The highest BCUT2D eigenvalue weighted by atomic mass is 15.3. The molecule has 1 atom stereocenters. The summed E-state index contributed by atoms with van der Waals surface area (Å²) in [4.78, 5) is 4.79. The van der Waals surface area contributed by atoms with Crippen molar-refractivity contribution in [3.63, 3.8) is 0 Å². The molecule has 2 rings (SSSR count). The predicted molar refractivity (Wildman–Crippen MR) is 71.8 cm³/mol. The molecule has 3 heteroatoms. The van der Waals surface area contributed by atoms with Gasteiger partial charge in [-0.2, -0.15) is 0 Å². The van der Waals surface area contributed by atoms with Gasteiger partial charge in [-0.05, 0) is 32.6 Å². The van der Waals surface area contributed by atoms with E-state index in [1.54, 1.807) is 0 Å². The molecule has 1 aromatic rings. The second kappa shape index (κ2) is 5.17. The largest absolute Gasteiger partial charge is 0.329 e. The van der Waals surface area contributed by atoms with Crippen molar-refractivity contribution in [3.8, 4) is 0 Å². The van der Waals surface area contributed by atoms with Crippen LogP contribution < -0.4 is 5.73 Å². The Labute approximate surface area is 104 Å². The molecule has 3 nitrogen and oxygen atoms in total. The lowest BCUT2D eigenvalue weighted by Crippen LogP contribution is -2.53. The second-order valence-electron chi connectivity index (χ2n) is 5.26. The zero-order valence-corrected chi connectivity index (χ0v) is 10.9. The van der Waals surface area contributed by atoms with Crippen molar-refractivity contribution in [3.05, 3.63) is 35.9 Å². The standard InChI is InChI=1S/C14H23N3/c1-16-9-8-14(11-15,12-16)17(2)10-13-6-4-3-5-7-13/h3-7H,8-12,15H2,1-2H3. The zero-order chi connectivity index (χ0) is 12.3. The van der Waals surface area contributed by atoms with E-state index in [4.69, 9.17) is 5.73 Å². The molecule has 1 heterocycles. The third-order valence-corrected chi connectivity index (χ3v) is 3.98. The molecule has 1 aliphatic heterocycles. The van der Waals surface area contributed by atoms with Crippen LogP contribution in [0.15, 0.2) is 30.3 Å². The van der Waals surface area contributed by atoms with Crippen molar-refractivity contribution >= 4 is 0 Å². The van der Waals surface area contributed by atoms with E-state index in [0.29, 0.717) is 0 Å². The van der Waals surface area contributed by atoms with E-state index in [2.05, 4.69) is 54.2 Å². The van der Waals surface area contributed by atoms with E-state index in [9.17, 15) is 0 Å². The number of nitrogens with zero attached hydrogens (tertiary/aromatic N) is 2. The van der Waals surface area contributed by atoms with Crippen LogP contribution in [0, 0.1) is 0 Å². The maximum absolute atomic E-state index is 6.02. The Bertz CT molecular complexity index is 352. The van der Waals surface area contributed by atoms with E-state index in [1.807, 2.05) is 0 Å². The molecule has 17 heavy (non-hydrogen) atoms. The number of hydrogen-bond acceptors (Lipinski definition) is 3. The molecular formula is C14H23N3. The fourth-order valence-electron chi connectivity index (χ4n) is 2.72. The first kappa shape index (κ1) is 12.6. The van der Waals surface area contributed by atoms with Crippen LogP contribution in [0.1, 0.15) is 12.0 Å². The maximum Gasteiger partial charge on any atom is 0.0470 e. The predicted octanol–water partition coefficient (Wildman–Crippen LogP) is 1.15. The minimum atomic E-state index is 0.157. The highest BCUT2D eigenvalue weighted by Gasteiger charge is 2.38. The first-order valence-electron chi connectivity index (χ1n) is 6.30. The minimum absolute atomic E-state index is 0.157. The summed E-state index contributed by atoms with van der Waals surface area (Å²) in [6.45, 7) is 3.94. The Morgan fingerprint density at radius 1 is 1.35 bits per heavy atom. The van der Waals surface area contributed by atoms with Gasteiger partial charge in [0.2, 0.25) is 0 Å². The van der Waals surface area contributed by atoms with Crippen LogP contribution in [-0.2, 0) is 6.54 Å². The molecule has 0 aliphatic carbocycles. The Morgan fingerprint density at radius 3 is 2.59 bits per heavy atom. The average Bonchev–Trinajstić information content (AvgIpc) is 2.73. The van der Waals surface area contributed by atoms with Gasteiger partial charge in [0.25, 0.3) is 0 Å².